The number of hydrogen-bond donors (Lipinski definition) is 1. The van der Waals surface area contributed by atoms with Crippen molar-refractivity contribution in [2.24, 2.45) is 0 Å². The van der Waals surface area contributed by atoms with Gasteiger partial charge in [-0.05, 0) is 25.3 Å². The molecular formula is C19H23N5O2. The second-order valence-corrected chi connectivity index (χ2v) is 6.97. The standard InChI is InChI=1S/C19H23N5O2/c1-2-17(25)23-10-6-13(7-11-23)21-16-12-20-15-5-4-14(18(15)22-16)19(26)24-8-3-9-24/h2,4,12-13H,1,3,5-11H2,(H,21,22). The van der Waals surface area contributed by atoms with Crippen LogP contribution < -0.4 is 5.32 Å². The minimum Gasteiger partial charge on any atom is -0.366 e. The van der Waals surface area contributed by atoms with Gasteiger partial charge in [-0.25, -0.2) is 4.98 Å². The maximum absolute atomic E-state index is 12.5. The summed E-state index contributed by atoms with van der Waals surface area (Å²) in [7, 11) is 0. The van der Waals surface area contributed by atoms with Crippen LogP contribution >= 0.6 is 0 Å². The van der Waals surface area contributed by atoms with Crippen molar-refractivity contribution in [3.63, 3.8) is 0 Å². The molecule has 1 N–H and O–H groups in total. The Morgan fingerprint density at radius 1 is 1.19 bits per heavy atom. The van der Waals surface area contributed by atoms with Gasteiger partial charge in [-0.15, -0.1) is 0 Å². The Morgan fingerprint density at radius 3 is 2.62 bits per heavy atom. The molecule has 2 fully saturated rings. The normalized spacial score (nSPS) is 19.5. The van der Waals surface area contributed by atoms with E-state index in [2.05, 4.69) is 21.9 Å². The van der Waals surface area contributed by atoms with E-state index < -0.39 is 0 Å². The van der Waals surface area contributed by atoms with E-state index in [4.69, 9.17) is 0 Å². The molecule has 3 aliphatic rings. The molecule has 3 heterocycles. The summed E-state index contributed by atoms with van der Waals surface area (Å²) in [5.74, 6) is 0.749. The third-order valence-corrected chi connectivity index (χ3v) is 5.31. The van der Waals surface area contributed by atoms with Crippen LogP contribution in [0.2, 0.25) is 0 Å². The fraction of sp³-hybridized carbons (Fsp3) is 0.474. The first-order valence-corrected chi connectivity index (χ1v) is 9.19. The third-order valence-electron chi connectivity index (χ3n) is 5.31. The maximum Gasteiger partial charge on any atom is 0.255 e. The van der Waals surface area contributed by atoms with Gasteiger partial charge in [0.1, 0.15) is 5.82 Å². The number of nitrogens with one attached hydrogen (secondary N) is 1. The van der Waals surface area contributed by atoms with Crippen molar-refractivity contribution in [1.82, 2.24) is 19.8 Å². The first kappa shape index (κ1) is 16.8. The molecule has 0 unspecified atom stereocenters. The van der Waals surface area contributed by atoms with Crippen molar-refractivity contribution in [3.05, 3.63) is 36.3 Å². The highest BCUT2D eigenvalue weighted by Gasteiger charge is 2.30. The molecule has 0 bridgehead atoms. The molecule has 2 amide bonds. The zero-order chi connectivity index (χ0) is 18.1. The van der Waals surface area contributed by atoms with Gasteiger partial charge in [-0.2, -0.15) is 0 Å². The minimum absolute atomic E-state index is 0.0138. The van der Waals surface area contributed by atoms with Crippen LogP contribution in [0.15, 0.2) is 24.9 Å². The number of carbonyl (C=O) groups excluding carboxylic acids is 2. The number of carbonyl (C=O) groups is 2. The molecule has 1 aromatic heterocycles. The molecule has 1 aromatic rings. The Hall–Kier alpha value is -2.70. The van der Waals surface area contributed by atoms with Crippen molar-refractivity contribution >= 4 is 23.2 Å². The largest absolute Gasteiger partial charge is 0.366 e. The number of piperidine rings is 1. The molecule has 0 radical (unpaired) electrons. The molecular weight excluding hydrogens is 330 g/mol. The number of aromatic nitrogens is 2. The van der Waals surface area contributed by atoms with Gasteiger partial charge in [0.25, 0.3) is 5.91 Å². The quantitative estimate of drug-likeness (QED) is 0.824. The van der Waals surface area contributed by atoms with Crippen LogP contribution in [0.4, 0.5) is 5.82 Å². The average Bonchev–Trinajstić information content (AvgIpc) is 3.03. The van der Waals surface area contributed by atoms with E-state index in [1.165, 1.54) is 6.08 Å². The summed E-state index contributed by atoms with van der Waals surface area (Å²) in [6, 6.07) is 0.246. The van der Waals surface area contributed by atoms with E-state index in [0.717, 1.165) is 38.0 Å². The van der Waals surface area contributed by atoms with E-state index in [-0.39, 0.29) is 17.9 Å². The molecule has 0 spiro atoms. The maximum atomic E-state index is 12.5. The zero-order valence-corrected chi connectivity index (χ0v) is 14.8. The number of hydrogen-bond acceptors (Lipinski definition) is 5. The van der Waals surface area contributed by atoms with E-state index in [0.29, 0.717) is 36.6 Å². The average molecular weight is 353 g/mol. The zero-order valence-electron chi connectivity index (χ0n) is 14.8. The molecule has 4 rings (SSSR count). The van der Waals surface area contributed by atoms with Gasteiger partial charge in [-0.1, -0.05) is 12.7 Å². The van der Waals surface area contributed by atoms with Crippen LogP contribution in [-0.2, 0) is 16.0 Å². The van der Waals surface area contributed by atoms with Crippen LogP contribution in [0.3, 0.4) is 0 Å². The van der Waals surface area contributed by atoms with Crippen LogP contribution in [0.25, 0.3) is 5.57 Å². The number of rotatable bonds is 4. The van der Waals surface area contributed by atoms with Gasteiger partial charge in [-0.3, -0.25) is 14.6 Å². The minimum atomic E-state index is -0.0138. The summed E-state index contributed by atoms with van der Waals surface area (Å²) in [5.41, 5.74) is 2.26. The second kappa shape index (κ2) is 6.90. The lowest BCUT2D eigenvalue weighted by atomic mass is 10.0. The molecule has 0 saturated carbocycles. The Morgan fingerprint density at radius 2 is 1.96 bits per heavy atom. The third kappa shape index (κ3) is 3.09. The summed E-state index contributed by atoms with van der Waals surface area (Å²) in [5, 5.41) is 3.42. The highest BCUT2D eigenvalue weighted by molar-refractivity contribution is 6.20. The molecule has 26 heavy (non-hydrogen) atoms. The van der Waals surface area contributed by atoms with Gasteiger partial charge in [0.05, 0.1) is 23.2 Å². The van der Waals surface area contributed by atoms with Gasteiger partial charge in [0.15, 0.2) is 0 Å². The van der Waals surface area contributed by atoms with Crippen LogP contribution in [0, 0.1) is 0 Å². The Kier molecular flexibility index (Phi) is 4.44. The number of fused-ring (bicyclic) bond motifs is 1. The topological polar surface area (TPSA) is 78.4 Å². The summed E-state index contributed by atoms with van der Waals surface area (Å²) in [6.07, 6.45) is 8.50. The number of likely N-dealkylation sites (tertiary alicyclic amines) is 2. The monoisotopic (exact) mass is 353 g/mol. The molecule has 0 atom stereocenters. The van der Waals surface area contributed by atoms with E-state index in [1.54, 1.807) is 6.20 Å². The Labute approximate surface area is 152 Å². The molecule has 0 aromatic carbocycles. The van der Waals surface area contributed by atoms with Crippen LogP contribution in [-0.4, -0.2) is 63.8 Å². The Balaban J connectivity index is 1.42. The predicted octanol–water partition coefficient (Wildman–Crippen LogP) is 1.24. The summed E-state index contributed by atoms with van der Waals surface area (Å²) < 4.78 is 0. The fourth-order valence-corrected chi connectivity index (χ4v) is 3.60. The SMILES string of the molecule is C=CC(=O)N1CCC(Nc2cnc3c(n2)C(C(=O)N2CCC2)=CC3)CC1. The van der Waals surface area contributed by atoms with Crippen LogP contribution in [0.5, 0.6) is 0 Å². The smallest absolute Gasteiger partial charge is 0.255 e. The fourth-order valence-electron chi connectivity index (χ4n) is 3.60. The van der Waals surface area contributed by atoms with Crippen molar-refractivity contribution in [3.8, 4) is 0 Å². The van der Waals surface area contributed by atoms with Crippen molar-refractivity contribution < 1.29 is 9.59 Å². The number of amides is 2. The predicted molar refractivity (Wildman–Crippen MR) is 98.3 cm³/mol. The number of nitrogens with zero attached hydrogens (tertiary/aromatic N) is 4. The summed E-state index contributed by atoms with van der Waals surface area (Å²) in [4.78, 5) is 37.0. The lowest BCUT2D eigenvalue weighted by Gasteiger charge is -2.32. The highest BCUT2D eigenvalue weighted by atomic mass is 16.2. The van der Waals surface area contributed by atoms with Crippen LogP contribution in [0.1, 0.15) is 30.7 Å². The lowest BCUT2D eigenvalue weighted by Crippen LogP contribution is -2.42. The first-order valence-electron chi connectivity index (χ1n) is 9.19. The van der Waals surface area contributed by atoms with Gasteiger partial charge < -0.3 is 15.1 Å². The van der Waals surface area contributed by atoms with Crippen molar-refractivity contribution in [2.45, 2.75) is 31.7 Å². The number of anilines is 1. The lowest BCUT2D eigenvalue weighted by molar-refractivity contribution is -0.128. The van der Waals surface area contributed by atoms with E-state index in [9.17, 15) is 9.59 Å². The van der Waals surface area contributed by atoms with Crippen molar-refractivity contribution in [1.29, 1.82) is 0 Å². The van der Waals surface area contributed by atoms with Gasteiger partial charge in [0.2, 0.25) is 5.91 Å². The molecule has 7 nitrogen and oxygen atoms in total. The van der Waals surface area contributed by atoms with Crippen molar-refractivity contribution in [2.75, 3.05) is 31.5 Å². The van der Waals surface area contributed by atoms with E-state index in [1.807, 2.05) is 15.9 Å². The molecule has 2 aliphatic heterocycles. The van der Waals surface area contributed by atoms with Gasteiger partial charge >= 0.3 is 0 Å². The molecule has 136 valence electrons. The Bertz CT molecular complexity index is 776. The highest BCUT2D eigenvalue weighted by Crippen LogP contribution is 2.28. The second-order valence-electron chi connectivity index (χ2n) is 6.97. The molecule has 2 saturated heterocycles. The summed E-state index contributed by atoms with van der Waals surface area (Å²) >= 11 is 0. The first-order chi connectivity index (χ1) is 12.7. The molecule has 7 heteroatoms. The number of allylic oxidation sites excluding steroid dienone is 1. The molecule has 1 aliphatic carbocycles. The van der Waals surface area contributed by atoms with Gasteiger partial charge in [0, 0.05) is 38.6 Å². The van der Waals surface area contributed by atoms with E-state index >= 15 is 0 Å². The summed E-state index contributed by atoms with van der Waals surface area (Å²) in [6.45, 7) is 6.62.